The smallest absolute Gasteiger partial charge is 0.420 e. The van der Waals surface area contributed by atoms with Gasteiger partial charge in [-0.05, 0) is 26.3 Å². The lowest BCUT2D eigenvalue weighted by atomic mass is 10.2. The van der Waals surface area contributed by atoms with E-state index >= 15 is 0 Å². The second kappa shape index (κ2) is 5.34. The first kappa shape index (κ1) is 13.0. The van der Waals surface area contributed by atoms with Crippen LogP contribution in [0.15, 0.2) is 30.3 Å². The maximum absolute atomic E-state index is 11.6. The molecule has 16 heavy (non-hydrogen) atoms. The van der Waals surface area contributed by atoms with Crippen molar-refractivity contribution in [3.05, 3.63) is 35.9 Å². The minimum absolute atomic E-state index is 0.378. The van der Waals surface area contributed by atoms with Crippen LogP contribution in [0.2, 0.25) is 0 Å². The molecule has 0 aliphatic carbocycles. The van der Waals surface area contributed by atoms with E-state index in [0.717, 1.165) is 5.56 Å². The molecular weight excluding hydrogens is 270 g/mol. The summed E-state index contributed by atoms with van der Waals surface area (Å²) in [5, 5.41) is 0. The van der Waals surface area contributed by atoms with Crippen molar-refractivity contribution in [1.82, 2.24) is 3.93 Å². The normalized spacial score (nSPS) is 11.0. The van der Waals surface area contributed by atoms with Crippen LogP contribution in [-0.4, -0.2) is 15.6 Å². The van der Waals surface area contributed by atoms with Crippen LogP contribution in [0.5, 0.6) is 0 Å². The summed E-state index contributed by atoms with van der Waals surface area (Å²) in [6, 6.07) is 9.73. The van der Waals surface area contributed by atoms with Gasteiger partial charge in [-0.3, -0.25) is 0 Å². The van der Waals surface area contributed by atoms with E-state index in [4.69, 9.17) is 4.74 Å². The van der Waals surface area contributed by atoms with Crippen LogP contribution in [0, 0.1) is 0 Å². The average Bonchev–Trinajstić information content (AvgIpc) is 2.16. The quantitative estimate of drug-likeness (QED) is 0.775. The van der Waals surface area contributed by atoms with E-state index in [9.17, 15) is 4.79 Å². The predicted octanol–water partition coefficient (Wildman–Crippen LogP) is 3.73. The Morgan fingerprint density at radius 2 is 1.88 bits per heavy atom. The summed E-state index contributed by atoms with van der Waals surface area (Å²) in [5.41, 5.74) is 0.574. The molecule has 0 atom stereocenters. The van der Waals surface area contributed by atoms with Gasteiger partial charge in [0.15, 0.2) is 0 Å². The molecular formula is C12H16BrNO2. The number of halogens is 1. The molecule has 0 aliphatic heterocycles. The van der Waals surface area contributed by atoms with Crippen molar-refractivity contribution >= 4 is 22.2 Å². The van der Waals surface area contributed by atoms with Gasteiger partial charge in [0.2, 0.25) is 0 Å². The van der Waals surface area contributed by atoms with Gasteiger partial charge >= 0.3 is 6.09 Å². The van der Waals surface area contributed by atoms with Crippen LogP contribution >= 0.6 is 16.1 Å². The molecule has 1 aromatic carbocycles. The van der Waals surface area contributed by atoms with E-state index in [0.29, 0.717) is 6.54 Å². The van der Waals surface area contributed by atoms with Crippen LogP contribution in [0.25, 0.3) is 0 Å². The summed E-state index contributed by atoms with van der Waals surface area (Å²) in [6.07, 6.45) is -0.378. The molecule has 88 valence electrons. The number of carbonyl (C=O) groups excluding carboxylic acids is 1. The van der Waals surface area contributed by atoms with Gasteiger partial charge in [0.25, 0.3) is 0 Å². The maximum Gasteiger partial charge on any atom is 0.420 e. The molecule has 1 aromatic rings. The fourth-order valence-electron chi connectivity index (χ4n) is 1.12. The molecule has 0 radical (unpaired) electrons. The van der Waals surface area contributed by atoms with Crippen LogP contribution in [0.4, 0.5) is 4.79 Å². The molecule has 0 bridgehead atoms. The maximum atomic E-state index is 11.6. The molecule has 1 rings (SSSR count). The average molecular weight is 286 g/mol. The van der Waals surface area contributed by atoms with Crippen LogP contribution in [0.1, 0.15) is 26.3 Å². The van der Waals surface area contributed by atoms with Gasteiger partial charge < -0.3 is 4.74 Å². The van der Waals surface area contributed by atoms with Crippen molar-refractivity contribution < 1.29 is 9.53 Å². The number of ether oxygens (including phenoxy) is 1. The first-order valence-electron chi connectivity index (χ1n) is 5.09. The topological polar surface area (TPSA) is 29.5 Å². The highest BCUT2D eigenvalue weighted by Crippen LogP contribution is 2.15. The Kier molecular flexibility index (Phi) is 4.35. The van der Waals surface area contributed by atoms with Crippen molar-refractivity contribution in [3.8, 4) is 0 Å². The zero-order valence-corrected chi connectivity index (χ0v) is 11.3. The molecule has 0 aliphatic rings. The lowest BCUT2D eigenvalue weighted by Gasteiger charge is -2.23. The van der Waals surface area contributed by atoms with Gasteiger partial charge in [-0.1, -0.05) is 30.3 Å². The molecule has 0 heterocycles. The summed E-state index contributed by atoms with van der Waals surface area (Å²) in [4.78, 5) is 11.6. The Labute approximate surface area is 105 Å². The molecule has 0 saturated heterocycles. The van der Waals surface area contributed by atoms with Crippen molar-refractivity contribution in [1.29, 1.82) is 0 Å². The van der Waals surface area contributed by atoms with Gasteiger partial charge in [0, 0.05) is 0 Å². The van der Waals surface area contributed by atoms with Crippen LogP contribution in [0.3, 0.4) is 0 Å². The SMILES string of the molecule is CC(C)(C)OC(=O)N(Br)Cc1ccccc1. The first-order chi connectivity index (χ1) is 7.38. The zero-order chi connectivity index (χ0) is 12.2. The minimum Gasteiger partial charge on any atom is -0.443 e. The molecule has 0 aromatic heterocycles. The third-order valence-corrected chi connectivity index (χ3v) is 2.30. The molecule has 0 fully saturated rings. The monoisotopic (exact) mass is 285 g/mol. The highest BCUT2D eigenvalue weighted by atomic mass is 79.9. The largest absolute Gasteiger partial charge is 0.443 e. The lowest BCUT2D eigenvalue weighted by Crippen LogP contribution is -2.30. The Morgan fingerprint density at radius 3 is 2.38 bits per heavy atom. The second-order valence-corrected chi connectivity index (χ2v) is 5.34. The highest BCUT2D eigenvalue weighted by molar-refractivity contribution is 9.07. The number of hydrogen-bond acceptors (Lipinski definition) is 2. The van der Waals surface area contributed by atoms with Gasteiger partial charge in [0.1, 0.15) is 5.60 Å². The number of carbonyl (C=O) groups is 1. The molecule has 0 spiro atoms. The number of benzene rings is 1. The fourth-order valence-corrected chi connectivity index (χ4v) is 1.48. The van der Waals surface area contributed by atoms with E-state index in [2.05, 4.69) is 16.1 Å². The Morgan fingerprint density at radius 1 is 1.31 bits per heavy atom. The number of hydrogen-bond donors (Lipinski definition) is 0. The van der Waals surface area contributed by atoms with Crippen molar-refractivity contribution in [2.45, 2.75) is 32.9 Å². The van der Waals surface area contributed by atoms with Crippen LogP contribution < -0.4 is 0 Å². The fraction of sp³-hybridized carbons (Fsp3) is 0.417. The molecule has 0 N–H and O–H groups in total. The molecule has 3 nitrogen and oxygen atoms in total. The zero-order valence-electron chi connectivity index (χ0n) is 9.74. The van der Waals surface area contributed by atoms with E-state index < -0.39 is 5.60 Å². The third kappa shape index (κ3) is 4.66. The van der Waals surface area contributed by atoms with Crippen molar-refractivity contribution in [3.63, 3.8) is 0 Å². The summed E-state index contributed by atoms with van der Waals surface area (Å²) >= 11 is 3.19. The van der Waals surface area contributed by atoms with Gasteiger partial charge in [-0.2, -0.15) is 0 Å². The number of amides is 1. The van der Waals surface area contributed by atoms with Crippen LogP contribution in [-0.2, 0) is 11.3 Å². The van der Waals surface area contributed by atoms with Crippen molar-refractivity contribution in [2.75, 3.05) is 0 Å². The summed E-state index contributed by atoms with van der Waals surface area (Å²) < 4.78 is 6.59. The standard InChI is InChI=1S/C12H16BrNO2/c1-12(2,3)16-11(15)14(13)9-10-7-5-4-6-8-10/h4-8H,9H2,1-3H3. The Bertz CT molecular complexity index is 346. The minimum atomic E-state index is -0.472. The van der Waals surface area contributed by atoms with Gasteiger partial charge in [-0.25, -0.2) is 8.72 Å². The predicted molar refractivity (Wildman–Crippen MR) is 67.1 cm³/mol. The van der Waals surface area contributed by atoms with E-state index in [-0.39, 0.29) is 6.09 Å². The first-order valence-corrected chi connectivity index (χ1v) is 5.79. The molecule has 4 heteroatoms. The molecule has 1 amide bonds. The Hall–Kier alpha value is -1.03. The summed E-state index contributed by atoms with van der Waals surface area (Å²) in [6.45, 7) is 6.01. The van der Waals surface area contributed by atoms with Gasteiger partial charge in [0.05, 0.1) is 22.7 Å². The second-order valence-electron chi connectivity index (χ2n) is 4.49. The third-order valence-electron chi connectivity index (χ3n) is 1.76. The molecule has 0 saturated carbocycles. The van der Waals surface area contributed by atoms with Crippen molar-refractivity contribution in [2.24, 2.45) is 0 Å². The highest BCUT2D eigenvalue weighted by Gasteiger charge is 2.20. The van der Waals surface area contributed by atoms with E-state index in [1.165, 1.54) is 3.93 Å². The summed E-state index contributed by atoms with van der Waals surface area (Å²) in [5.74, 6) is 0. The van der Waals surface area contributed by atoms with Gasteiger partial charge in [-0.15, -0.1) is 0 Å². The number of nitrogens with zero attached hydrogens (tertiary/aromatic N) is 1. The van der Waals surface area contributed by atoms with E-state index in [1.54, 1.807) is 0 Å². The lowest BCUT2D eigenvalue weighted by molar-refractivity contribution is 0.0407. The molecule has 0 unspecified atom stereocenters. The Balaban J connectivity index is 2.53. The number of rotatable bonds is 2. The summed E-state index contributed by atoms with van der Waals surface area (Å²) in [7, 11) is 0. The van der Waals surface area contributed by atoms with E-state index in [1.807, 2.05) is 51.1 Å².